The molecule has 3 amide bonds. The van der Waals surface area contributed by atoms with Gasteiger partial charge in [-0.25, -0.2) is 14.5 Å². The summed E-state index contributed by atoms with van der Waals surface area (Å²) in [5, 5.41) is 9.95. The van der Waals surface area contributed by atoms with E-state index in [1.165, 1.54) is 11.2 Å². The number of imide groups is 1. The number of nitrogens with zero attached hydrogens (tertiary/aromatic N) is 4. The molecule has 1 spiro atoms. The Morgan fingerprint density at radius 2 is 2.32 bits per heavy atom. The second-order valence-corrected chi connectivity index (χ2v) is 4.82. The molecule has 0 aliphatic carbocycles. The first kappa shape index (κ1) is 12.1. The molecule has 2 aliphatic rings. The van der Waals surface area contributed by atoms with E-state index in [0.29, 0.717) is 25.3 Å². The van der Waals surface area contributed by atoms with Crippen LogP contribution in [0.2, 0.25) is 0 Å². The van der Waals surface area contributed by atoms with Gasteiger partial charge in [0.15, 0.2) is 0 Å². The third kappa shape index (κ3) is 1.79. The highest BCUT2D eigenvalue weighted by atomic mass is 16.2. The van der Waals surface area contributed by atoms with Gasteiger partial charge in [-0.3, -0.25) is 9.69 Å². The lowest BCUT2D eigenvalue weighted by Gasteiger charge is -2.19. The van der Waals surface area contributed by atoms with Crippen molar-refractivity contribution in [2.45, 2.75) is 32.0 Å². The van der Waals surface area contributed by atoms with Crippen molar-refractivity contribution in [3.05, 3.63) is 12.2 Å². The molecule has 3 heterocycles. The van der Waals surface area contributed by atoms with E-state index in [-0.39, 0.29) is 18.5 Å². The first-order chi connectivity index (χ1) is 9.16. The van der Waals surface area contributed by atoms with Crippen LogP contribution in [0.4, 0.5) is 4.79 Å². The van der Waals surface area contributed by atoms with E-state index < -0.39 is 5.54 Å². The maximum Gasteiger partial charge on any atom is 0.325 e. The summed E-state index contributed by atoms with van der Waals surface area (Å²) in [5.41, 5.74) is -0.756. The molecule has 0 bridgehead atoms. The maximum atomic E-state index is 12.4. The number of hydrogen-bond donors (Lipinski definition) is 2. The molecule has 19 heavy (non-hydrogen) atoms. The van der Waals surface area contributed by atoms with Gasteiger partial charge in [0.25, 0.3) is 5.91 Å². The van der Waals surface area contributed by atoms with Crippen molar-refractivity contribution in [2.75, 3.05) is 13.1 Å². The van der Waals surface area contributed by atoms with Crippen LogP contribution in [0.3, 0.4) is 0 Å². The minimum atomic E-state index is -0.756. The van der Waals surface area contributed by atoms with Crippen molar-refractivity contribution >= 4 is 11.9 Å². The molecule has 2 aliphatic heterocycles. The standard InChI is InChI=1S/C11H16N6O2/c1-2-17-8(13-7-14-17)5-16-9(18)11(15-10(16)19)3-4-12-6-11/h7,12H,2-6H2,1H3,(H,15,19). The number of carbonyl (C=O) groups is 2. The Morgan fingerprint density at radius 3 is 3.00 bits per heavy atom. The number of carbonyl (C=O) groups excluding carboxylic acids is 2. The van der Waals surface area contributed by atoms with Gasteiger partial charge in [0, 0.05) is 13.1 Å². The van der Waals surface area contributed by atoms with Crippen LogP contribution in [0.15, 0.2) is 6.33 Å². The van der Waals surface area contributed by atoms with Crippen molar-refractivity contribution in [3.8, 4) is 0 Å². The van der Waals surface area contributed by atoms with E-state index in [9.17, 15) is 9.59 Å². The molecule has 102 valence electrons. The number of rotatable bonds is 3. The number of amides is 3. The van der Waals surface area contributed by atoms with Crippen LogP contribution >= 0.6 is 0 Å². The zero-order valence-electron chi connectivity index (χ0n) is 10.7. The second-order valence-electron chi connectivity index (χ2n) is 4.82. The summed E-state index contributed by atoms with van der Waals surface area (Å²) >= 11 is 0. The molecule has 1 aromatic rings. The van der Waals surface area contributed by atoms with Crippen LogP contribution in [-0.2, 0) is 17.9 Å². The van der Waals surface area contributed by atoms with E-state index in [4.69, 9.17) is 0 Å². The monoisotopic (exact) mass is 264 g/mol. The van der Waals surface area contributed by atoms with Gasteiger partial charge in [-0.2, -0.15) is 5.10 Å². The van der Waals surface area contributed by atoms with E-state index in [1.54, 1.807) is 4.68 Å². The zero-order chi connectivity index (χ0) is 13.5. The predicted octanol–water partition coefficient (Wildman–Crippen LogP) is -0.918. The van der Waals surface area contributed by atoms with Crippen molar-refractivity contribution in [3.63, 3.8) is 0 Å². The Bertz CT molecular complexity index is 519. The smallest absolute Gasteiger partial charge is 0.322 e. The molecular weight excluding hydrogens is 248 g/mol. The summed E-state index contributed by atoms with van der Waals surface area (Å²) in [4.78, 5) is 29.7. The highest BCUT2D eigenvalue weighted by Gasteiger charge is 2.52. The average molecular weight is 264 g/mol. The quantitative estimate of drug-likeness (QED) is 0.689. The molecule has 3 rings (SSSR count). The lowest BCUT2D eigenvalue weighted by atomic mass is 9.99. The number of nitrogens with one attached hydrogen (secondary N) is 2. The van der Waals surface area contributed by atoms with Crippen molar-refractivity contribution in [1.29, 1.82) is 0 Å². The molecule has 8 heteroatoms. The summed E-state index contributed by atoms with van der Waals surface area (Å²) < 4.78 is 1.68. The minimum Gasteiger partial charge on any atom is -0.322 e. The van der Waals surface area contributed by atoms with Gasteiger partial charge in [-0.1, -0.05) is 0 Å². The highest BCUT2D eigenvalue weighted by molar-refractivity contribution is 6.07. The molecule has 1 aromatic heterocycles. The second kappa shape index (κ2) is 4.30. The third-order valence-electron chi connectivity index (χ3n) is 3.70. The van der Waals surface area contributed by atoms with E-state index in [2.05, 4.69) is 20.7 Å². The number of urea groups is 1. The number of hydrogen-bond acceptors (Lipinski definition) is 5. The maximum absolute atomic E-state index is 12.4. The van der Waals surface area contributed by atoms with Crippen molar-refractivity contribution < 1.29 is 9.59 Å². The van der Waals surface area contributed by atoms with Crippen LogP contribution in [0.1, 0.15) is 19.2 Å². The largest absolute Gasteiger partial charge is 0.325 e. The van der Waals surface area contributed by atoms with Crippen LogP contribution in [-0.4, -0.2) is 50.2 Å². The summed E-state index contributed by atoms with van der Waals surface area (Å²) in [5.74, 6) is 0.446. The van der Waals surface area contributed by atoms with Crippen LogP contribution in [0.25, 0.3) is 0 Å². The van der Waals surface area contributed by atoms with Gasteiger partial charge in [0.2, 0.25) is 0 Å². The fourth-order valence-corrected chi connectivity index (χ4v) is 2.62. The Kier molecular flexibility index (Phi) is 2.74. The molecule has 0 aromatic carbocycles. The Balaban J connectivity index is 1.82. The van der Waals surface area contributed by atoms with Gasteiger partial charge in [-0.15, -0.1) is 0 Å². The van der Waals surface area contributed by atoms with Crippen molar-refractivity contribution in [2.24, 2.45) is 0 Å². The molecule has 2 N–H and O–H groups in total. The first-order valence-electron chi connectivity index (χ1n) is 6.38. The van der Waals surface area contributed by atoms with Gasteiger partial charge >= 0.3 is 6.03 Å². The molecule has 8 nitrogen and oxygen atoms in total. The summed E-state index contributed by atoms with van der Waals surface area (Å²) in [6.45, 7) is 4.00. The topological polar surface area (TPSA) is 92.2 Å². The predicted molar refractivity (Wildman–Crippen MR) is 65.0 cm³/mol. The Hall–Kier alpha value is -1.96. The fourth-order valence-electron chi connectivity index (χ4n) is 2.62. The Labute approximate surface area is 110 Å². The van der Waals surface area contributed by atoms with E-state index in [0.717, 1.165) is 6.54 Å². The molecule has 0 saturated carbocycles. The van der Waals surface area contributed by atoms with Crippen molar-refractivity contribution in [1.82, 2.24) is 30.3 Å². The normalized spacial score (nSPS) is 26.5. The SMILES string of the molecule is CCn1ncnc1CN1C(=O)NC2(CCNC2)C1=O. The third-order valence-corrected chi connectivity index (χ3v) is 3.70. The van der Waals surface area contributed by atoms with Crippen LogP contribution < -0.4 is 10.6 Å². The molecular formula is C11H16N6O2. The molecule has 1 atom stereocenters. The summed E-state index contributed by atoms with van der Waals surface area (Å²) in [6.07, 6.45) is 2.07. The fraction of sp³-hybridized carbons (Fsp3) is 0.636. The number of aryl methyl sites for hydroxylation is 1. The molecule has 0 radical (unpaired) electrons. The van der Waals surface area contributed by atoms with Gasteiger partial charge in [-0.05, 0) is 19.9 Å². The summed E-state index contributed by atoms with van der Waals surface area (Å²) in [7, 11) is 0. The zero-order valence-corrected chi connectivity index (χ0v) is 10.7. The minimum absolute atomic E-state index is 0.167. The first-order valence-corrected chi connectivity index (χ1v) is 6.38. The number of aromatic nitrogens is 3. The summed E-state index contributed by atoms with van der Waals surface area (Å²) in [6, 6.07) is -0.348. The molecule has 1 unspecified atom stereocenters. The Morgan fingerprint density at radius 1 is 1.47 bits per heavy atom. The lowest BCUT2D eigenvalue weighted by Crippen LogP contribution is -2.48. The molecule has 2 saturated heterocycles. The van der Waals surface area contributed by atoms with E-state index >= 15 is 0 Å². The van der Waals surface area contributed by atoms with E-state index in [1.807, 2.05) is 6.92 Å². The highest BCUT2D eigenvalue weighted by Crippen LogP contribution is 2.25. The lowest BCUT2D eigenvalue weighted by molar-refractivity contribution is -0.131. The molecule has 2 fully saturated rings. The van der Waals surface area contributed by atoms with Crippen LogP contribution in [0.5, 0.6) is 0 Å². The van der Waals surface area contributed by atoms with Gasteiger partial charge < -0.3 is 10.6 Å². The van der Waals surface area contributed by atoms with Gasteiger partial charge in [0.05, 0.1) is 6.54 Å². The van der Waals surface area contributed by atoms with Gasteiger partial charge in [0.1, 0.15) is 17.7 Å². The van der Waals surface area contributed by atoms with Crippen LogP contribution in [0, 0.1) is 0 Å². The average Bonchev–Trinajstić information content (AvgIpc) is 3.08.